The number of nitrogens with zero attached hydrogens (tertiary/aromatic N) is 1. The van der Waals surface area contributed by atoms with Crippen molar-refractivity contribution in [2.24, 2.45) is 11.8 Å². The second-order valence-electron chi connectivity index (χ2n) is 8.82. The van der Waals surface area contributed by atoms with Crippen molar-refractivity contribution in [1.29, 1.82) is 0 Å². The highest BCUT2D eigenvalue weighted by Crippen LogP contribution is 2.31. The molecule has 1 aromatic rings. The number of anilines is 1. The van der Waals surface area contributed by atoms with E-state index in [0.717, 1.165) is 43.4 Å². The molecular weight excluding hydrogens is 368 g/mol. The van der Waals surface area contributed by atoms with Crippen LogP contribution in [-0.4, -0.2) is 47.6 Å². The van der Waals surface area contributed by atoms with Crippen LogP contribution in [0.1, 0.15) is 63.0 Å². The molecule has 2 amide bonds. The molecule has 1 aromatic carbocycles. The summed E-state index contributed by atoms with van der Waals surface area (Å²) in [5.41, 5.74) is 1.48. The Morgan fingerprint density at radius 1 is 1.10 bits per heavy atom. The predicted octanol–water partition coefficient (Wildman–Crippen LogP) is 3.27. The zero-order valence-electron chi connectivity index (χ0n) is 17.0. The number of rotatable bonds is 6. The SMILES string of the molecule is O=C(Nc1ccc(C(O)C2COCC(=O)N2CC2CCCCC2)cc1)C1CCC1. The molecule has 158 valence electrons. The van der Waals surface area contributed by atoms with Crippen molar-refractivity contribution < 1.29 is 19.4 Å². The smallest absolute Gasteiger partial charge is 0.249 e. The van der Waals surface area contributed by atoms with Crippen molar-refractivity contribution in [2.75, 3.05) is 25.1 Å². The number of hydrogen-bond donors (Lipinski definition) is 2. The van der Waals surface area contributed by atoms with Gasteiger partial charge in [0.05, 0.1) is 12.6 Å². The maximum absolute atomic E-state index is 12.5. The quantitative estimate of drug-likeness (QED) is 0.768. The van der Waals surface area contributed by atoms with E-state index in [1.807, 2.05) is 29.2 Å². The van der Waals surface area contributed by atoms with Crippen LogP contribution in [0.15, 0.2) is 24.3 Å². The fourth-order valence-electron chi connectivity index (χ4n) is 4.67. The van der Waals surface area contributed by atoms with Crippen molar-refractivity contribution in [2.45, 2.75) is 63.5 Å². The number of ether oxygens (including phenoxy) is 1. The number of carbonyl (C=O) groups excluding carboxylic acids is 2. The third kappa shape index (κ3) is 4.81. The molecule has 0 spiro atoms. The molecule has 2 aliphatic carbocycles. The maximum atomic E-state index is 12.5. The third-order valence-electron chi connectivity index (χ3n) is 6.77. The van der Waals surface area contributed by atoms with Crippen LogP contribution in [0.4, 0.5) is 5.69 Å². The molecule has 6 heteroatoms. The van der Waals surface area contributed by atoms with Crippen LogP contribution in [0.2, 0.25) is 0 Å². The molecule has 1 aliphatic heterocycles. The number of aliphatic hydroxyl groups excluding tert-OH is 1. The van der Waals surface area contributed by atoms with Gasteiger partial charge in [0.1, 0.15) is 12.7 Å². The first-order chi connectivity index (χ1) is 14.1. The lowest BCUT2D eigenvalue weighted by Crippen LogP contribution is -2.53. The zero-order chi connectivity index (χ0) is 20.2. The highest BCUT2D eigenvalue weighted by atomic mass is 16.5. The Hall–Kier alpha value is -1.92. The molecule has 2 atom stereocenters. The number of morpholine rings is 1. The summed E-state index contributed by atoms with van der Waals surface area (Å²) in [4.78, 5) is 26.5. The lowest BCUT2D eigenvalue weighted by molar-refractivity contribution is -0.155. The van der Waals surface area contributed by atoms with E-state index >= 15 is 0 Å². The Kier molecular flexibility index (Phi) is 6.50. The molecule has 3 aliphatic rings. The van der Waals surface area contributed by atoms with Gasteiger partial charge >= 0.3 is 0 Å². The number of hydrogen-bond acceptors (Lipinski definition) is 4. The minimum Gasteiger partial charge on any atom is -0.386 e. The molecule has 0 radical (unpaired) electrons. The van der Waals surface area contributed by atoms with Gasteiger partial charge in [-0.25, -0.2) is 0 Å². The molecule has 6 nitrogen and oxygen atoms in total. The molecule has 1 saturated heterocycles. The van der Waals surface area contributed by atoms with Crippen LogP contribution in [0, 0.1) is 11.8 Å². The van der Waals surface area contributed by atoms with E-state index in [4.69, 9.17) is 4.74 Å². The summed E-state index contributed by atoms with van der Waals surface area (Å²) in [6.07, 6.45) is 8.30. The highest BCUT2D eigenvalue weighted by molar-refractivity contribution is 5.93. The standard InChI is InChI=1S/C23H32N2O4/c26-21-15-29-14-20(25(21)13-16-5-2-1-3-6-16)22(27)17-9-11-19(12-10-17)24-23(28)18-7-4-8-18/h9-12,16,18,20,22,27H,1-8,13-15H2,(H,24,28). The molecule has 4 rings (SSSR count). The van der Waals surface area contributed by atoms with Gasteiger partial charge in [0.15, 0.2) is 0 Å². The van der Waals surface area contributed by atoms with Gasteiger partial charge in [-0.05, 0) is 49.3 Å². The van der Waals surface area contributed by atoms with Gasteiger partial charge < -0.3 is 20.1 Å². The number of nitrogens with one attached hydrogen (secondary N) is 1. The maximum Gasteiger partial charge on any atom is 0.249 e. The van der Waals surface area contributed by atoms with Gasteiger partial charge in [0.25, 0.3) is 0 Å². The molecule has 0 bridgehead atoms. The van der Waals surface area contributed by atoms with Crippen LogP contribution in [0.5, 0.6) is 0 Å². The van der Waals surface area contributed by atoms with E-state index in [0.29, 0.717) is 19.1 Å². The second kappa shape index (κ2) is 9.26. The summed E-state index contributed by atoms with van der Waals surface area (Å²) >= 11 is 0. The first-order valence-electron chi connectivity index (χ1n) is 11.1. The zero-order valence-corrected chi connectivity index (χ0v) is 17.0. The summed E-state index contributed by atoms with van der Waals surface area (Å²) in [5, 5.41) is 14.0. The Labute approximate surface area is 172 Å². The van der Waals surface area contributed by atoms with Crippen LogP contribution >= 0.6 is 0 Å². The topological polar surface area (TPSA) is 78.9 Å². The van der Waals surface area contributed by atoms with E-state index in [1.54, 1.807) is 0 Å². The van der Waals surface area contributed by atoms with E-state index in [1.165, 1.54) is 19.3 Å². The Morgan fingerprint density at radius 3 is 2.48 bits per heavy atom. The normalized spacial score (nSPS) is 24.8. The minimum atomic E-state index is -0.806. The second-order valence-corrected chi connectivity index (χ2v) is 8.82. The largest absolute Gasteiger partial charge is 0.386 e. The third-order valence-corrected chi connectivity index (χ3v) is 6.77. The molecule has 2 saturated carbocycles. The molecule has 3 fully saturated rings. The lowest BCUT2D eigenvalue weighted by Gasteiger charge is -2.40. The molecule has 0 aromatic heterocycles. The summed E-state index contributed by atoms with van der Waals surface area (Å²) in [7, 11) is 0. The van der Waals surface area contributed by atoms with E-state index in [2.05, 4.69) is 5.32 Å². The minimum absolute atomic E-state index is 0.0322. The summed E-state index contributed by atoms with van der Waals surface area (Å²) in [6.45, 7) is 1.15. The molecular formula is C23H32N2O4. The Bertz CT molecular complexity index is 710. The average Bonchev–Trinajstić information content (AvgIpc) is 2.69. The van der Waals surface area contributed by atoms with Gasteiger partial charge in [-0.3, -0.25) is 9.59 Å². The Balaban J connectivity index is 1.41. The summed E-state index contributed by atoms with van der Waals surface area (Å²) in [6, 6.07) is 6.95. The number of aliphatic hydroxyl groups is 1. The van der Waals surface area contributed by atoms with Crippen LogP contribution < -0.4 is 5.32 Å². The summed E-state index contributed by atoms with van der Waals surface area (Å²) < 4.78 is 5.47. The van der Waals surface area contributed by atoms with Crippen LogP contribution in [0.25, 0.3) is 0 Å². The van der Waals surface area contributed by atoms with Crippen molar-refractivity contribution in [3.8, 4) is 0 Å². The van der Waals surface area contributed by atoms with Gasteiger partial charge in [-0.1, -0.05) is 37.8 Å². The number of carbonyl (C=O) groups is 2. The fourth-order valence-corrected chi connectivity index (χ4v) is 4.67. The van der Waals surface area contributed by atoms with Crippen molar-refractivity contribution in [1.82, 2.24) is 4.90 Å². The van der Waals surface area contributed by atoms with Crippen molar-refractivity contribution in [3.63, 3.8) is 0 Å². The van der Waals surface area contributed by atoms with Crippen LogP contribution in [-0.2, 0) is 14.3 Å². The Morgan fingerprint density at radius 2 is 1.83 bits per heavy atom. The van der Waals surface area contributed by atoms with Gasteiger partial charge in [-0.2, -0.15) is 0 Å². The molecule has 29 heavy (non-hydrogen) atoms. The van der Waals surface area contributed by atoms with Crippen LogP contribution in [0.3, 0.4) is 0 Å². The highest BCUT2D eigenvalue weighted by Gasteiger charge is 2.36. The summed E-state index contributed by atoms with van der Waals surface area (Å²) in [5.74, 6) is 0.702. The van der Waals surface area contributed by atoms with Gasteiger partial charge in [0.2, 0.25) is 11.8 Å². The fraction of sp³-hybridized carbons (Fsp3) is 0.652. The molecule has 2 N–H and O–H groups in total. The lowest BCUT2D eigenvalue weighted by atomic mass is 9.85. The molecule has 1 heterocycles. The first kappa shape index (κ1) is 20.4. The van der Waals surface area contributed by atoms with E-state index in [-0.39, 0.29) is 30.4 Å². The van der Waals surface area contributed by atoms with E-state index in [9.17, 15) is 14.7 Å². The molecule has 2 unspecified atom stereocenters. The number of amides is 2. The van der Waals surface area contributed by atoms with E-state index < -0.39 is 6.10 Å². The predicted molar refractivity (Wildman–Crippen MR) is 110 cm³/mol. The van der Waals surface area contributed by atoms with Gasteiger partial charge in [-0.15, -0.1) is 0 Å². The van der Waals surface area contributed by atoms with Crippen molar-refractivity contribution in [3.05, 3.63) is 29.8 Å². The number of benzene rings is 1. The monoisotopic (exact) mass is 400 g/mol. The first-order valence-corrected chi connectivity index (χ1v) is 11.1. The van der Waals surface area contributed by atoms with Gasteiger partial charge in [0, 0.05) is 18.2 Å². The van der Waals surface area contributed by atoms with Crippen molar-refractivity contribution >= 4 is 17.5 Å². The average molecular weight is 401 g/mol.